The fourth-order valence-corrected chi connectivity index (χ4v) is 0.966. The molecule has 0 aromatic carbocycles. The summed E-state index contributed by atoms with van der Waals surface area (Å²) in [6.07, 6.45) is -1.47. The van der Waals surface area contributed by atoms with Crippen molar-refractivity contribution < 1.29 is 14.9 Å². The normalized spacial score (nSPS) is 47.9. The predicted octanol–water partition coefficient (Wildman–Crippen LogP) is -2.44. The summed E-state index contributed by atoms with van der Waals surface area (Å²) in [5.41, 5.74) is 5.38. The first-order chi connectivity index (χ1) is 4.66. The Morgan fingerprint density at radius 3 is 2.40 bits per heavy atom. The highest BCUT2D eigenvalue weighted by Gasteiger charge is 2.37. The molecule has 0 bridgehead atoms. The van der Waals surface area contributed by atoms with E-state index < -0.39 is 24.3 Å². The maximum Gasteiger partial charge on any atom is 0.111 e. The van der Waals surface area contributed by atoms with Gasteiger partial charge in [0.1, 0.15) is 14.0 Å². The van der Waals surface area contributed by atoms with Gasteiger partial charge in [-0.15, -0.1) is 0 Å². The lowest BCUT2D eigenvalue weighted by Crippen LogP contribution is -2.41. The third-order valence-corrected chi connectivity index (χ3v) is 1.67. The number of aliphatic hydroxyl groups is 2. The zero-order valence-electron chi connectivity index (χ0n) is 5.47. The lowest BCUT2D eigenvalue weighted by Gasteiger charge is -2.11. The van der Waals surface area contributed by atoms with E-state index in [4.69, 9.17) is 28.5 Å². The van der Waals surface area contributed by atoms with E-state index in [9.17, 15) is 0 Å². The fourth-order valence-electron chi connectivity index (χ4n) is 0.966. The number of aliphatic hydroxyl groups excluding tert-OH is 2. The number of ether oxygens (including phenoxy) is 1. The topological polar surface area (TPSA) is 75.7 Å². The molecule has 0 amide bonds. The van der Waals surface area contributed by atoms with Crippen LogP contribution in [0.1, 0.15) is 0 Å². The van der Waals surface area contributed by atoms with Crippen molar-refractivity contribution in [1.29, 1.82) is 0 Å². The molecule has 2 radical (unpaired) electrons. The highest BCUT2D eigenvalue weighted by atomic mass is 16.5. The number of rotatable bonds is 1. The summed E-state index contributed by atoms with van der Waals surface area (Å²) in [5, 5.41) is 17.7. The zero-order valence-corrected chi connectivity index (χ0v) is 5.47. The molecule has 56 valence electrons. The van der Waals surface area contributed by atoms with Crippen LogP contribution >= 0.6 is 0 Å². The van der Waals surface area contributed by atoms with Crippen molar-refractivity contribution in [3.05, 3.63) is 0 Å². The first-order valence-electron chi connectivity index (χ1n) is 3.12. The Morgan fingerprint density at radius 2 is 2.20 bits per heavy atom. The molecule has 4 nitrogen and oxygen atoms in total. The lowest BCUT2D eigenvalue weighted by atomic mass is 9.91. The summed E-state index contributed by atoms with van der Waals surface area (Å²) in [6, 6.07) is -1.25. The van der Waals surface area contributed by atoms with Gasteiger partial charge in [-0.25, -0.2) is 0 Å². The second-order valence-electron chi connectivity index (χ2n) is 2.39. The Labute approximate surface area is 60.4 Å². The Bertz CT molecular complexity index is 123. The van der Waals surface area contributed by atoms with E-state index in [-0.39, 0.29) is 6.61 Å². The van der Waals surface area contributed by atoms with Gasteiger partial charge >= 0.3 is 0 Å². The van der Waals surface area contributed by atoms with Gasteiger partial charge in [-0.3, -0.25) is 0 Å². The molecule has 1 saturated heterocycles. The van der Waals surface area contributed by atoms with E-state index in [0.29, 0.717) is 0 Å². The van der Waals surface area contributed by atoms with E-state index >= 15 is 0 Å². The van der Waals surface area contributed by atoms with Crippen molar-refractivity contribution in [2.24, 2.45) is 5.73 Å². The van der Waals surface area contributed by atoms with Crippen LogP contribution in [0.5, 0.6) is 0 Å². The molecular weight excluding hydrogens is 133 g/mol. The molecule has 1 heterocycles. The van der Waals surface area contributed by atoms with Gasteiger partial charge in [-0.05, 0) is 0 Å². The summed E-state index contributed by atoms with van der Waals surface area (Å²) < 4.78 is 4.89. The first kappa shape index (κ1) is 8.01. The first-order valence-corrected chi connectivity index (χ1v) is 3.12. The van der Waals surface area contributed by atoms with Crippen LogP contribution in [0, 0.1) is 0 Å². The van der Waals surface area contributed by atoms with E-state index in [2.05, 4.69) is 0 Å². The third-order valence-electron chi connectivity index (χ3n) is 1.67. The van der Waals surface area contributed by atoms with Gasteiger partial charge in [-0.1, -0.05) is 0 Å². The molecule has 0 aromatic rings. The molecule has 0 aliphatic carbocycles. The molecule has 10 heavy (non-hydrogen) atoms. The highest BCUT2D eigenvalue weighted by Crippen LogP contribution is 2.16. The Balaban J connectivity index is 2.53. The predicted molar refractivity (Wildman–Crippen MR) is 35.5 cm³/mol. The van der Waals surface area contributed by atoms with Gasteiger partial charge in [0.25, 0.3) is 0 Å². The molecule has 1 aliphatic rings. The zero-order chi connectivity index (χ0) is 7.72. The summed E-state index contributed by atoms with van der Waals surface area (Å²) in [4.78, 5) is 0. The van der Waals surface area contributed by atoms with Crippen LogP contribution in [-0.2, 0) is 4.74 Å². The van der Waals surface area contributed by atoms with Crippen LogP contribution in [-0.4, -0.2) is 48.9 Å². The fraction of sp³-hybridized carbons (Fsp3) is 1.00. The Hall–Kier alpha value is -0.0951. The van der Waals surface area contributed by atoms with Crippen molar-refractivity contribution in [3.8, 4) is 0 Å². The average Bonchev–Trinajstić information content (AvgIpc) is 2.17. The van der Waals surface area contributed by atoms with Crippen LogP contribution in [0.15, 0.2) is 0 Å². The second kappa shape index (κ2) is 2.88. The van der Waals surface area contributed by atoms with Gasteiger partial charge < -0.3 is 20.7 Å². The van der Waals surface area contributed by atoms with Crippen molar-refractivity contribution >= 4 is 7.85 Å². The molecule has 4 atom stereocenters. The van der Waals surface area contributed by atoms with Crippen molar-refractivity contribution in [2.45, 2.75) is 24.3 Å². The highest BCUT2D eigenvalue weighted by molar-refractivity contribution is 6.11. The van der Waals surface area contributed by atoms with E-state index in [1.165, 1.54) is 0 Å². The molecule has 0 aromatic heterocycles. The second-order valence-corrected chi connectivity index (χ2v) is 2.39. The summed E-state index contributed by atoms with van der Waals surface area (Å²) in [6.45, 7) is -0.247. The monoisotopic (exact) mass is 143 g/mol. The SMILES string of the molecule is [B][C@@H]1O[C@H](CO)[C@H](O)C1N. The molecule has 1 unspecified atom stereocenters. The number of hydrogen-bond acceptors (Lipinski definition) is 4. The van der Waals surface area contributed by atoms with Crippen LogP contribution in [0.2, 0.25) is 0 Å². The van der Waals surface area contributed by atoms with Crippen molar-refractivity contribution in [2.75, 3.05) is 6.61 Å². The standard InChI is InChI=1S/C5H10BNO3/c6-5-3(7)4(9)2(1-8)10-5/h2-5,8-9H,1,7H2/t2-,3?,4+,5-/m1/s1. The van der Waals surface area contributed by atoms with Crippen LogP contribution < -0.4 is 5.73 Å². The molecule has 0 spiro atoms. The van der Waals surface area contributed by atoms with Gasteiger partial charge in [0.05, 0.1) is 18.8 Å². The van der Waals surface area contributed by atoms with Crippen LogP contribution in [0.25, 0.3) is 0 Å². The number of hydrogen-bond donors (Lipinski definition) is 3. The smallest absolute Gasteiger partial charge is 0.111 e. The van der Waals surface area contributed by atoms with Gasteiger partial charge in [0.2, 0.25) is 0 Å². The summed E-state index contributed by atoms with van der Waals surface area (Å²) in [5.74, 6) is 0. The lowest BCUT2D eigenvalue weighted by molar-refractivity contribution is -0.00436. The molecule has 0 saturated carbocycles. The van der Waals surface area contributed by atoms with E-state index in [1.807, 2.05) is 0 Å². The van der Waals surface area contributed by atoms with Crippen molar-refractivity contribution in [1.82, 2.24) is 0 Å². The quantitative estimate of drug-likeness (QED) is 0.356. The molecule has 4 N–H and O–H groups in total. The van der Waals surface area contributed by atoms with Crippen molar-refractivity contribution in [3.63, 3.8) is 0 Å². The molecular formula is C5H10BNO3. The number of nitrogens with two attached hydrogens (primary N) is 1. The third kappa shape index (κ3) is 1.18. The van der Waals surface area contributed by atoms with Gasteiger partial charge in [0, 0.05) is 6.00 Å². The molecule has 1 fully saturated rings. The summed E-state index contributed by atoms with van der Waals surface area (Å²) >= 11 is 0. The van der Waals surface area contributed by atoms with E-state index in [0.717, 1.165) is 0 Å². The minimum atomic E-state index is -0.847. The average molecular weight is 143 g/mol. The Morgan fingerprint density at radius 1 is 1.60 bits per heavy atom. The minimum Gasteiger partial charge on any atom is -0.394 e. The van der Waals surface area contributed by atoms with Crippen LogP contribution in [0.4, 0.5) is 0 Å². The largest absolute Gasteiger partial charge is 0.394 e. The van der Waals surface area contributed by atoms with Gasteiger partial charge in [0.15, 0.2) is 0 Å². The Kier molecular flexibility index (Phi) is 2.30. The van der Waals surface area contributed by atoms with E-state index in [1.54, 1.807) is 0 Å². The molecule has 1 rings (SSSR count). The maximum atomic E-state index is 9.14. The maximum absolute atomic E-state index is 9.14. The summed E-state index contributed by atoms with van der Waals surface area (Å²) in [7, 11) is 5.32. The minimum absolute atomic E-state index is 0.247. The van der Waals surface area contributed by atoms with Crippen LogP contribution in [0.3, 0.4) is 0 Å². The van der Waals surface area contributed by atoms with Gasteiger partial charge in [-0.2, -0.15) is 0 Å². The molecule has 1 aliphatic heterocycles. The molecule has 5 heteroatoms.